The van der Waals surface area contributed by atoms with Gasteiger partial charge in [0.1, 0.15) is 5.75 Å². The van der Waals surface area contributed by atoms with E-state index in [4.69, 9.17) is 4.74 Å². The van der Waals surface area contributed by atoms with E-state index in [1.807, 2.05) is 12.1 Å². The second-order valence-electron chi connectivity index (χ2n) is 3.12. The van der Waals surface area contributed by atoms with Crippen LogP contribution in [0.25, 0.3) is 0 Å². The molecule has 76 valence electrons. The van der Waals surface area contributed by atoms with Crippen molar-refractivity contribution in [3.05, 3.63) is 54.4 Å². The summed E-state index contributed by atoms with van der Waals surface area (Å²) in [7, 11) is 1.60. The van der Waals surface area contributed by atoms with Gasteiger partial charge in [0.25, 0.3) is 5.91 Å². The topological polar surface area (TPSA) is 31.2 Å². The molecule has 0 bridgehead atoms. The minimum Gasteiger partial charge on any atom is -0.497 e. The van der Waals surface area contributed by atoms with Crippen LogP contribution in [0.1, 0.15) is 10.4 Å². The van der Waals surface area contributed by atoms with Crippen molar-refractivity contribution in [1.82, 2.24) is 4.57 Å². The first-order valence-corrected chi connectivity index (χ1v) is 4.63. The lowest BCUT2D eigenvalue weighted by molar-refractivity contribution is 0.0960. The van der Waals surface area contributed by atoms with Crippen molar-refractivity contribution in [2.75, 3.05) is 7.11 Å². The zero-order valence-corrected chi connectivity index (χ0v) is 8.38. The van der Waals surface area contributed by atoms with Crippen LogP contribution in [0.3, 0.4) is 0 Å². The van der Waals surface area contributed by atoms with Crippen molar-refractivity contribution in [3.8, 4) is 5.75 Å². The third-order valence-electron chi connectivity index (χ3n) is 2.18. The summed E-state index contributed by atoms with van der Waals surface area (Å²) >= 11 is 0. The third kappa shape index (κ3) is 1.91. The molecule has 0 unspecified atom stereocenters. The van der Waals surface area contributed by atoms with E-state index in [-0.39, 0.29) is 5.91 Å². The minimum atomic E-state index is -0.0392. The normalized spacial score (nSPS) is 9.93. The predicted octanol–water partition coefficient (Wildman–Crippen LogP) is 2.19. The number of hydrogen-bond acceptors (Lipinski definition) is 2. The number of aromatic nitrogens is 1. The first-order chi connectivity index (χ1) is 7.31. The monoisotopic (exact) mass is 201 g/mol. The van der Waals surface area contributed by atoms with E-state index < -0.39 is 0 Å². The fourth-order valence-corrected chi connectivity index (χ4v) is 1.35. The molecule has 1 aromatic heterocycles. The molecule has 0 fully saturated rings. The van der Waals surface area contributed by atoms with Crippen LogP contribution >= 0.6 is 0 Å². The largest absolute Gasteiger partial charge is 0.497 e. The standard InChI is InChI=1S/C12H11NO2/c1-15-11-6-4-10(5-7-11)12(14)13-8-2-3-9-13/h2-9H,1H3. The number of benzene rings is 1. The number of carbonyl (C=O) groups is 1. The van der Waals surface area contributed by atoms with Crippen molar-refractivity contribution >= 4 is 5.91 Å². The Morgan fingerprint density at radius 2 is 1.73 bits per heavy atom. The van der Waals surface area contributed by atoms with Gasteiger partial charge in [-0.1, -0.05) is 0 Å². The van der Waals surface area contributed by atoms with Gasteiger partial charge in [0.15, 0.2) is 0 Å². The Bertz CT molecular complexity index is 443. The molecule has 1 aromatic carbocycles. The molecule has 0 aliphatic carbocycles. The summed E-state index contributed by atoms with van der Waals surface area (Å²) < 4.78 is 6.56. The summed E-state index contributed by atoms with van der Waals surface area (Å²) in [6, 6.07) is 10.7. The maximum Gasteiger partial charge on any atom is 0.261 e. The minimum absolute atomic E-state index is 0.0392. The highest BCUT2D eigenvalue weighted by atomic mass is 16.5. The molecule has 0 saturated carbocycles. The molecular formula is C12H11NO2. The summed E-state index contributed by atoms with van der Waals surface area (Å²) in [6.07, 6.45) is 3.46. The number of ether oxygens (including phenoxy) is 1. The highest BCUT2D eigenvalue weighted by molar-refractivity contribution is 5.96. The summed E-state index contributed by atoms with van der Waals surface area (Å²) in [6.45, 7) is 0. The van der Waals surface area contributed by atoms with E-state index in [2.05, 4.69) is 0 Å². The fourth-order valence-electron chi connectivity index (χ4n) is 1.35. The molecule has 0 atom stereocenters. The van der Waals surface area contributed by atoms with Crippen molar-refractivity contribution in [2.45, 2.75) is 0 Å². The number of rotatable bonds is 2. The highest BCUT2D eigenvalue weighted by Gasteiger charge is 2.06. The van der Waals surface area contributed by atoms with Crippen LogP contribution in [0.2, 0.25) is 0 Å². The van der Waals surface area contributed by atoms with Gasteiger partial charge in [-0.25, -0.2) is 0 Å². The summed E-state index contributed by atoms with van der Waals surface area (Å²) in [5, 5.41) is 0. The molecule has 0 aliphatic heterocycles. The van der Waals surface area contributed by atoms with Gasteiger partial charge in [0.05, 0.1) is 7.11 Å². The van der Waals surface area contributed by atoms with Gasteiger partial charge >= 0.3 is 0 Å². The van der Waals surface area contributed by atoms with Crippen molar-refractivity contribution < 1.29 is 9.53 Å². The van der Waals surface area contributed by atoms with E-state index in [0.29, 0.717) is 5.56 Å². The second-order valence-corrected chi connectivity index (χ2v) is 3.12. The first-order valence-electron chi connectivity index (χ1n) is 4.63. The quantitative estimate of drug-likeness (QED) is 0.745. The first kappa shape index (κ1) is 9.52. The fraction of sp³-hybridized carbons (Fsp3) is 0.0833. The molecule has 0 spiro atoms. The van der Waals surface area contributed by atoms with Crippen molar-refractivity contribution in [3.63, 3.8) is 0 Å². The van der Waals surface area contributed by atoms with Crippen LogP contribution in [0, 0.1) is 0 Å². The second kappa shape index (κ2) is 4.00. The van der Waals surface area contributed by atoms with E-state index >= 15 is 0 Å². The predicted molar refractivity (Wildman–Crippen MR) is 57.2 cm³/mol. The lowest BCUT2D eigenvalue weighted by Crippen LogP contribution is -2.09. The van der Waals surface area contributed by atoms with Crippen molar-refractivity contribution in [1.29, 1.82) is 0 Å². The lowest BCUT2D eigenvalue weighted by Gasteiger charge is -2.03. The van der Waals surface area contributed by atoms with Gasteiger partial charge in [-0.15, -0.1) is 0 Å². The highest BCUT2D eigenvalue weighted by Crippen LogP contribution is 2.12. The van der Waals surface area contributed by atoms with Crippen LogP contribution in [0.15, 0.2) is 48.8 Å². The summed E-state index contributed by atoms with van der Waals surface area (Å²) in [5.41, 5.74) is 0.645. The molecule has 3 heteroatoms. The molecule has 2 rings (SSSR count). The zero-order chi connectivity index (χ0) is 10.7. The van der Waals surface area contributed by atoms with Crippen LogP contribution in [-0.2, 0) is 0 Å². The van der Waals surface area contributed by atoms with Crippen LogP contribution in [0.5, 0.6) is 5.75 Å². The van der Waals surface area contributed by atoms with E-state index in [1.54, 1.807) is 48.3 Å². The molecule has 15 heavy (non-hydrogen) atoms. The maximum atomic E-state index is 11.8. The Morgan fingerprint density at radius 3 is 2.27 bits per heavy atom. The summed E-state index contributed by atoms with van der Waals surface area (Å²) in [4.78, 5) is 11.8. The molecular weight excluding hydrogens is 190 g/mol. The maximum absolute atomic E-state index is 11.8. The lowest BCUT2D eigenvalue weighted by atomic mass is 10.2. The van der Waals surface area contributed by atoms with Crippen LogP contribution in [-0.4, -0.2) is 17.6 Å². The number of nitrogens with zero attached hydrogens (tertiary/aromatic N) is 1. The Kier molecular flexibility index (Phi) is 2.54. The third-order valence-corrected chi connectivity index (χ3v) is 2.18. The molecule has 1 heterocycles. The van der Waals surface area contributed by atoms with Gasteiger partial charge in [-0.05, 0) is 36.4 Å². The Balaban J connectivity index is 2.27. The van der Waals surface area contributed by atoms with E-state index in [1.165, 1.54) is 0 Å². The van der Waals surface area contributed by atoms with E-state index in [9.17, 15) is 4.79 Å². The average Bonchev–Trinajstić information content (AvgIpc) is 2.82. The molecule has 3 nitrogen and oxygen atoms in total. The Morgan fingerprint density at radius 1 is 1.13 bits per heavy atom. The van der Waals surface area contributed by atoms with Crippen molar-refractivity contribution in [2.24, 2.45) is 0 Å². The van der Waals surface area contributed by atoms with Gasteiger partial charge in [0, 0.05) is 18.0 Å². The average molecular weight is 201 g/mol. The smallest absolute Gasteiger partial charge is 0.261 e. The molecule has 2 aromatic rings. The number of hydrogen-bond donors (Lipinski definition) is 0. The van der Waals surface area contributed by atoms with Crippen LogP contribution in [0.4, 0.5) is 0 Å². The van der Waals surface area contributed by atoms with Gasteiger partial charge in [-0.3, -0.25) is 9.36 Å². The molecule has 0 radical (unpaired) electrons. The zero-order valence-electron chi connectivity index (χ0n) is 8.38. The van der Waals surface area contributed by atoms with Crippen LogP contribution < -0.4 is 4.74 Å². The molecule has 0 saturated heterocycles. The van der Waals surface area contributed by atoms with E-state index in [0.717, 1.165) is 5.75 Å². The SMILES string of the molecule is COc1ccc(C(=O)n2cccc2)cc1. The van der Waals surface area contributed by atoms with Gasteiger partial charge in [-0.2, -0.15) is 0 Å². The molecule has 0 aliphatic rings. The Hall–Kier alpha value is -2.03. The molecule has 0 amide bonds. The summed E-state index contributed by atoms with van der Waals surface area (Å²) in [5.74, 6) is 0.710. The Labute approximate surface area is 87.9 Å². The van der Waals surface area contributed by atoms with Gasteiger partial charge in [0.2, 0.25) is 0 Å². The number of methoxy groups -OCH3 is 1. The number of carbonyl (C=O) groups excluding carboxylic acids is 1. The molecule has 0 N–H and O–H groups in total. The van der Waals surface area contributed by atoms with Gasteiger partial charge < -0.3 is 4.74 Å².